The third kappa shape index (κ3) is 2.59. The number of aryl methyl sites for hydroxylation is 1. The first-order valence-electron chi connectivity index (χ1n) is 4.63. The van der Waals surface area contributed by atoms with Crippen molar-refractivity contribution in [2.75, 3.05) is 5.32 Å². The van der Waals surface area contributed by atoms with Crippen LogP contribution in [-0.2, 0) is 0 Å². The van der Waals surface area contributed by atoms with Crippen molar-refractivity contribution in [1.29, 1.82) is 0 Å². The zero-order valence-electron chi connectivity index (χ0n) is 8.53. The molecule has 0 radical (unpaired) electrons. The lowest BCUT2D eigenvalue weighted by atomic mass is 10.2. The van der Waals surface area contributed by atoms with Crippen LogP contribution >= 0.6 is 33.9 Å². The maximum absolute atomic E-state index is 11.8. The first kappa shape index (κ1) is 11.5. The molecular weight excluding hydrogens is 335 g/mol. The minimum atomic E-state index is -0.0877. The molecule has 2 aromatic heterocycles. The number of thiophene rings is 1. The number of anilines is 1. The van der Waals surface area contributed by atoms with E-state index in [1.165, 1.54) is 0 Å². The van der Waals surface area contributed by atoms with Gasteiger partial charge in [-0.2, -0.15) is 0 Å². The Hall–Kier alpha value is -0.950. The number of carbonyl (C=O) groups is 1. The largest absolute Gasteiger partial charge is 0.320 e. The van der Waals surface area contributed by atoms with E-state index in [-0.39, 0.29) is 5.91 Å². The van der Waals surface area contributed by atoms with E-state index in [1.54, 1.807) is 23.7 Å². The van der Waals surface area contributed by atoms with Crippen molar-refractivity contribution >= 4 is 45.5 Å². The Bertz CT molecular complexity index is 524. The van der Waals surface area contributed by atoms with E-state index in [9.17, 15) is 4.79 Å². The Morgan fingerprint density at radius 2 is 2.38 bits per heavy atom. The van der Waals surface area contributed by atoms with Gasteiger partial charge in [0.25, 0.3) is 5.91 Å². The van der Waals surface area contributed by atoms with Gasteiger partial charge in [-0.15, -0.1) is 11.3 Å². The molecule has 2 rings (SSSR count). The van der Waals surface area contributed by atoms with Crippen LogP contribution in [0.1, 0.15) is 15.9 Å². The Labute approximate surface area is 111 Å². The fourth-order valence-corrected chi connectivity index (χ4v) is 2.55. The lowest BCUT2D eigenvalue weighted by molar-refractivity contribution is 0.102. The molecule has 0 saturated carbocycles. The van der Waals surface area contributed by atoms with E-state index in [2.05, 4.69) is 32.9 Å². The van der Waals surface area contributed by atoms with Gasteiger partial charge in [-0.1, -0.05) is 0 Å². The van der Waals surface area contributed by atoms with Crippen LogP contribution in [0, 0.1) is 9.81 Å². The van der Waals surface area contributed by atoms with Crippen molar-refractivity contribution in [1.82, 2.24) is 4.98 Å². The Morgan fingerprint density at radius 1 is 1.56 bits per heavy atom. The molecule has 0 saturated heterocycles. The van der Waals surface area contributed by atoms with Gasteiger partial charge in [0.05, 0.1) is 20.3 Å². The number of nitrogens with zero attached hydrogens (tertiary/aromatic N) is 1. The summed E-state index contributed by atoms with van der Waals surface area (Å²) in [5.74, 6) is -0.0877. The zero-order chi connectivity index (χ0) is 11.5. The molecular formula is C11H9IN2OS. The molecule has 16 heavy (non-hydrogen) atoms. The molecule has 0 spiro atoms. The van der Waals surface area contributed by atoms with Crippen LogP contribution in [0.2, 0.25) is 0 Å². The first-order chi connectivity index (χ1) is 7.66. The first-order valence-corrected chi connectivity index (χ1v) is 6.58. The van der Waals surface area contributed by atoms with E-state index in [4.69, 9.17) is 0 Å². The van der Waals surface area contributed by atoms with E-state index in [0.29, 0.717) is 5.56 Å². The summed E-state index contributed by atoms with van der Waals surface area (Å²) in [5.41, 5.74) is 2.46. The van der Waals surface area contributed by atoms with E-state index < -0.39 is 0 Å². The van der Waals surface area contributed by atoms with Gasteiger partial charge in [-0.3, -0.25) is 9.78 Å². The highest BCUT2D eigenvalue weighted by atomic mass is 127. The fraction of sp³-hybridized carbons (Fsp3) is 0.0909. The monoisotopic (exact) mass is 344 g/mol. The third-order valence-electron chi connectivity index (χ3n) is 2.12. The quantitative estimate of drug-likeness (QED) is 0.850. The van der Waals surface area contributed by atoms with Crippen molar-refractivity contribution in [3.63, 3.8) is 0 Å². The predicted molar refractivity (Wildman–Crippen MR) is 74.0 cm³/mol. The average Bonchev–Trinajstić information content (AvgIpc) is 2.68. The minimum Gasteiger partial charge on any atom is -0.320 e. The normalized spacial score (nSPS) is 10.1. The topological polar surface area (TPSA) is 42.0 Å². The van der Waals surface area contributed by atoms with Crippen LogP contribution in [0.3, 0.4) is 0 Å². The van der Waals surface area contributed by atoms with Crippen molar-refractivity contribution in [3.8, 4) is 0 Å². The van der Waals surface area contributed by atoms with Gasteiger partial charge < -0.3 is 5.32 Å². The maximum Gasteiger partial charge on any atom is 0.256 e. The minimum absolute atomic E-state index is 0.0877. The molecule has 0 atom stereocenters. The van der Waals surface area contributed by atoms with Gasteiger partial charge in [-0.25, -0.2) is 0 Å². The van der Waals surface area contributed by atoms with Gasteiger partial charge >= 0.3 is 0 Å². The molecule has 82 valence electrons. The molecule has 0 aliphatic carbocycles. The second-order valence-corrected chi connectivity index (χ2v) is 6.09. The number of amides is 1. The zero-order valence-corrected chi connectivity index (χ0v) is 11.5. The summed E-state index contributed by atoms with van der Waals surface area (Å²) < 4.78 is 1.10. The summed E-state index contributed by atoms with van der Waals surface area (Å²) in [5, 5.41) is 4.69. The molecule has 5 heteroatoms. The van der Waals surface area contributed by atoms with Gasteiger partial charge in [-0.05, 0) is 47.2 Å². The summed E-state index contributed by atoms with van der Waals surface area (Å²) in [6.07, 6.45) is 3.36. The average molecular weight is 344 g/mol. The molecule has 3 nitrogen and oxygen atoms in total. The Balaban J connectivity index is 2.17. The number of pyridine rings is 1. The second-order valence-electron chi connectivity index (χ2n) is 3.28. The number of carbonyl (C=O) groups excluding carboxylic acids is 1. The van der Waals surface area contributed by atoms with Crippen LogP contribution < -0.4 is 5.32 Å². The van der Waals surface area contributed by atoms with Crippen molar-refractivity contribution in [3.05, 3.63) is 43.9 Å². The van der Waals surface area contributed by atoms with Gasteiger partial charge in [0, 0.05) is 11.6 Å². The van der Waals surface area contributed by atoms with Crippen LogP contribution in [-0.4, -0.2) is 10.9 Å². The summed E-state index contributed by atoms with van der Waals surface area (Å²) in [6, 6.07) is 3.74. The molecule has 1 N–H and O–H groups in total. The number of hydrogen-bond donors (Lipinski definition) is 1. The Kier molecular flexibility index (Phi) is 3.55. The maximum atomic E-state index is 11.8. The van der Waals surface area contributed by atoms with Crippen molar-refractivity contribution < 1.29 is 4.79 Å². The molecule has 2 heterocycles. The van der Waals surface area contributed by atoms with Crippen LogP contribution in [0.4, 0.5) is 5.69 Å². The van der Waals surface area contributed by atoms with Crippen molar-refractivity contribution in [2.24, 2.45) is 0 Å². The molecule has 0 aromatic carbocycles. The highest BCUT2D eigenvalue weighted by Crippen LogP contribution is 2.18. The summed E-state index contributed by atoms with van der Waals surface area (Å²) in [6.45, 7) is 1.94. The highest BCUT2D eigenvalue weighted by Gasteiger charge is 2.09. The number of nitrogens with one attached hydrogen (secondary N) is 1. The van der Waals surface area contributed by atoms with E-state index in [1.807, 2.05) is 24.4 Å². The molecule has 0 aliphatic heterocycles. The standard InChI is InChI=1S/C11H9IN2OS/c1-7-2-3-13-5-9(7)14-11(15)8-4-10(12)16-6-8/h2-6H,1H3,(H,14,15). The number of halogens is 1. The third-order valence-corrected chi connectivity index (χ3v) is 3.91. The second kappa shape index (κ2) is 4.92. The van der Waals surface area contributed by atoms with Crippen LogP contribution in [0.5, 0.6) is 0 Å². The predicted octanol–water partition coefficient (Wildman–Crippen LogP) is 3.31. The molecule has 0 fully saturated rings. The number of rotatable bonds is 2. The van der Waals surface area contributed by atoms with E-state index in [0.717, 1.165) is 14.1 Å². The van der Waals surface area contributed by atoms with E-state index >= 15 is 0 Å². The highest BCUT2D eigenvalue weighted by molar-refractivity contribution is 14.1. The lowest BCUT2D eigenvalue weighted by Crippen LogP contribution is -2.11. The van der Waals surface area contributed by atoms with Gasteiger partial charge in [0.15, 0.2) is 0 Å². The molecule has 1 amide bonds. The molecule has 0 aliphatic rings. The van der Waals surface area contributed by atoms with Crippen LogP contribution in [0.15, 0.2) is 29.9 Å². The summed E-state index contributed by atoms with van der Waals surface area (Å²) >= 11 is 3.76. The fourth-order valence-electron chi connectivity index (χ4n) is 1.22. The molecule has 0 bridgehead atoms. The lowest BCUT2D eigenvalue weighted by Gasteiger charge is -2.05. The number of hydrogen-bond acceptors (Lipinski definition) is 3. The molecule has 2 aromatic rings. The van der Waals surface area contributed by atoms with Gasteiger partial charge in [0.1, 0.15) is 0 Å². The van der Waals surface area contributed by atoms with Crippen LogP contribution in [0.25, 0.3) is 0 Å². The summed E-state index contributed by atoms with van der Waals surface area (Å²) in [4.78, 5) is 15.8. The summed E-state index contributed by atoms with van der Waals surface area (Å²) in [7, 11) is 0. The van der Waals surface area contributed by atoms with Gasteiger partial charge in [0.2, 0.25) is 0 Å². The SMILES string of the molecule is Cc1ccncc1NC(=O)c1csc(I)c1. The number of aromatic nitrogens is 1. The molecule has 0 unspecified atom stereocenters. The smallest absolute Gasteiger partial charge is 0.256 e. The van der Waals surface area contributed by atoms with Crippen molar-refractivity contribution in [2.45, 2.75) is 6.92 Å². The Morgan fingerprint density at radius 3 is 3.00 bits per heavy atom.